The van der Waals surface area contributed by atoms with Crippen LogP contribution in [0.2, 0.25) is 0 Å². The van der Waals surface area contributed by atoms with Crippen LogP contribution >= 0.6 is 0 Å². The number of rotatable bonds is 4. The fourth-order valence-corrected chi connectivity index (χ4v) is 4.43. The number of hydrogen-bond donors (Lipinski definition) is 2. The largest absolute Gasteiger partial charge is 0.381 e. The Morgan fingerprint density at radius 2 is 2.07 bits per heavy atom. The number of hydrogen-bond acceptors (Lipinski definition) is 8. The number of anilines is 1. The monoisotopic (exact) mass is 410 g/mol. The van der Waals surface area contributed by atoms with Crippen LogP contribution in [0.1, 0.15) is 38.6 Å². The number of aromatic nitrogens is 4. The minimum Gasteiger partial charge on any atom is -0.381 e. The lowest BCUT2D eigenvalue weighted by atomic mass is 9.93. The van der Waals surface area contributed by atoms with Crippen LogP contribution < -0.4 is 16.4 Å². The quantitative estimate of drug-likeness (QED) is 0.790. The van der Waals surface area contributed by atoms with E-state index in [1.807, 2.05) is 22.7 Å². The molecule has 0 aromatic carbocycles. The summed E-state index contributed by atoms with van der Waals surface area (Å²) in [6.45, 7) is 2.02. The van der Waals surface area contributed by atoms with Crippen molar-refractivity contribution < 1.29 is 4.74 Å². The first kappa shape index (κ1) is 18.9. The van der Waals surface area contributed by atoms with Gasteiger partial charge in [-0.2, -0.15) is 4.98 Å². The molecule has 1 atom stereocenters. The molecule has 0 saturated heterocycles. The summed E-state index contributed by atoms with van der Waals surface area (Å²) in [5, 5.41) is 5.20. The third-order valence-electron chi connectivity index (χ3n) is 6.23. The van der Waals surface area contributed by atoms with E-state index in [2.05, 4.69) is 26.8 Å². The Kier molecular flexibility index (Phi) is 4.58. The molecular weight excluding hydrogens is 384 g/mol. The number of nitrogens with one attached hydrogen (secondary N) is 2. The third-order valence-corrected chi connectivity index (χ3v) is 6.23. The van der Waals surface area contributed by atoms with E-state index in [0.717, 1.165) is 42.5 Å². The van der Waals surface area contributed by atoms with Crippen LogP contribution in [0.25, 0.3) is 11.2 Å². The van der Waals surface area contributed by atoms with E-state index >= 15 is 0 Å². The van der Waals surface area contributed by atoms with E-state index in [9.17, 15) is 4.79 Å². The van der Waals surface area contributed by atoms with Crippen LogP contribution in [0.15, 0.2) is 39.5 Å². The second-order valence-corrected chi connectivity index (χ2v) is 8.03. The molecule has 10 heteroatoms. The predicted molar refractivity (Wildman–Crippen MR) is 114 cm³/mol. The van der Waals surface area contributed by atoms with Crippen LogP contribution in [0.3, 0.4) is 0 Å². The Hall–Kier alpha value is -3.14. The average molecular weight is 410 g/mol. The molecule has 2 aliphatic heterocycles. The summed E-state index contributed by atoms with van der Waals surface area (Å²) in [6, 6.07) is 0.123. The van der Waals surface area contributed by atoms with Gasteiger partial charge in [-0.25, -0.2) is 14.8 Å². The number of ether oxygens (including phenoxy) is 1. The summed E-state index contributed by atoms with van der Waals surface area (Å²) < 4.78 is 8.94. The van der Waals surface area contributed by atoms with Gasteiger partial charge in [0.15, 0.2) is 11.8 Å². The summed E-state index contributed by atoms with van der Waals surface area (Å²) in [5.74, 6) is 0.463. The van der Waals surface area contributed by atoms with E-state index in [1.54, 1.807) is 31.3 Å². The van der Waals surface area contributed by atoms with Gasteiger partial charge in [0.1, 0.15) is 11.9 Å². The molecule has 0 spiro atoms. The molecular formula is C20H26N8O2. The van der Waals surface area contributed by atoms with Gasteiger partial charge in [-0.05, 0) is 44.3 Å². The Labute approximate surface area is 173 Å². The normalized spacial score (nSPS) is 25.7. The molecule has 1 fully saturated rings. The number of aliphatic imine (C=N–C) groups is 1. The molecule has 2 aromatic rings. The number of fused-ring (bicyclic) bond motifs is 2. The fraction of sp³-hybridized carbons (Fsp3) is 0.500. The third kappa shape index (κ3) is 3.07. The minimum absolute atomic E-state index is 0.0273. The number of allylic oxidation sites excluding steroid dienone is 1. The number of hydrazine groups is 1. The van der Waals surface area contributed by atoms with Crippen molar-refractivity contribution >= 4 is 23.5 Å². The van der Waals surface area contributed by atoms with Gasteiger partial charge in [-0.15, -0.1) is 0 Å². The highest BCUT2D eigenvalue weighted by atomic mass is 16.5. The Bertz CT molecular complexity index is 1120. The van der Waals surface area contributed by atoms with Crippen LogP contribution in [0.4, 0.5) is 5.95 Å². The highest BCUT2D eigenvalue weighted by Crippen LogP contribution is 2.31. The van der Waals surface area contributed by atoms with E-state index in [1.165, 1.54) is 0 Å². The smallest absolute Gasteiger partial charge is 0.330 e. The van der Waals surface area contributed by atoms with E-state index < -0.39 is 0 Å². The highest BCUT2D eigenvalue weighted by Gasteiger charge is 2.27. The number of methoxy groups -OCH3 is 1. The van der Waals surface area contributed by atoms with Crippen molar-refractivity contribution in [2.45, 2.75) is 50.9 Å². The Morgan fingerprint density at radius 1 is 1.27 bits per heavy atom. The van der Waals surface area contributed by atoms with E-state index in [4.69, 9.17) is 9.72 Å². The molecule has 10 nitrogen and oxygen atoms in total. The van der Waals surface area contributed by atoms with Gasteiger partial charge < -0.3 is 10.1 Å². The average Bonchev–Trinajstić information content (AvgIpc) is 3.30. The molecule has 0 bridgehead atoms. The van der Waals surface area contributed by atoms with Crippen molar-refractivity contribution in [3.8, 4) is 0 Å². The second-order valence-electron chi connectivity index (χ2n) is 8.03. The first-order valence-electron chi connectivity index (χ1n) is 10.3. The maximum atomic E-state index is 13.0. The Balaban J connectivity index is 1.47. The molecule has 2 aromatic heterocycles. The molecule has 0 radical (unpaired) electrons. The van der Waals surface area contributed by atoms with Crippen molar-refractivity contribution in [2.75, 3.05) is 12.4 Å². The SMILES string of the molecule is COC1CCC(n2c(=O)n(C)c3cnc(NC4=CN5NC=NC5C=C4C)nc32)CC1. The van der Waals surface area contributed by atoms with Crippen LogP contribution in [0.5, 0.6) is 0 Å². The van der Waals surface area contributed by atoms with Gasteiger partial charge in [0.25, 0.3) is 0 Å². The zero-order valence-electron chi connectivity index (χ0n) is 17.4. The fourth-order valence-electron chi connectivity index (χ4n) is 4.43. The van der Waals surface area contributed by atoms with Gasteiger partial charge in [0.2, 0.25) is 5.95 Å². The van der Waals surface area contributed by atoms with Gasteiger partial charge in [0.05, 0.1) is 18.0 Å². The number of imidazole rings is 1. The van der Waals surface area contributed by atoms with Gasteiger partial charge in [0, 0.05) is 26.4 Å². The summed E-state index contributed by atoms with van der Waals surface area (Å²) >= 11 is 0. The lowest BCUT2D eigenvalue weighted by Gasteiger charge is -2.28. The molecule has 158 valence electrons. The van der Waals surface area contributed by atoms with Crippen molar-refractivity contribution in [1.82, 2.24) is 29.5 Å². The van der Waals surface area contributed by atoms with Crippen LogP contribution in [0, 0.1) is 0 Å². The number of nitrogens with zero attached hydrogens (tertiary/aromatic N) is 6. The van der Waals surface area contributed by atoms with Crippen molar-refractivity contribution in [3.05, 3.63) is 40.2 Å². The molecule has 4 heterocycles. The zero-order valence-corrected chi connectivity index (χ0v) is 17.4. The maximum absolute atomic E-state index is 13.0. The van der Waals surface area contributed by atoms with Crippen molar-refractivity contribution in [3.63, 3.8) is 0 Å². The first-order chi connectivity index (χ1) is 14.5. The van der Waals surface area contributed by atoms with Crippen LogP contribution in [-0.4, -0.2) is 49.8 Å². The summed E-state index contributed by atoms with van der Waals surface area (Å²) in [4.78, 5) is 26.5. The molecule has 2 N–H and O–H groups in total. The standard InChI is InChI=1S/C20H26N8O2/c1-12-8-17-22-11-23-27(17)10-15(12)24-19-21-9-16-18(25-19)28(20(29)26(16)2)13-4-6-14(30-3)7-5-13/h8-11,13-14,17H,4-7H2,1-3H3,(H,22,23)(H,21,24,25). The molecule has 1 unspecified atom stereocenters. The van der Waals surface area contributed by atoms with Gasteiger partial charge in [-0.1, -0.05) is 0 Å². The predicted octanol–water partition coefficient (Wildman–Crippen LogP) is 1.65. The van der Waals surface area contributed by atoms with E-state index in [0.29, 0.717) is 11.6 Å². The molecule has 5 rings (SSSR count). The van der Waals surface area contributed by atoms with Gasteiger partial charge >= 0.3 is 5.69 Å². The maximum Gasteiger partial charge on any atom is 0.330 e. The molecule has 0 amide bonds. The Morgan fingerprint density at radius 3 is 2.83 bits per heavy atom. The molecule has 3 aliphatic rings. The zero-order chi connectivity index (χ0) is 20.8. The highest BCUT2D eigenvalue weighted by molar-refractivity contribution is 5.72. The summed E-state index contributed by atoms with van der Waals surface area (Å²) in [7, 11) is 3.52. The molecule has 1 saturated carbocycles. The van der Waals surface area contributed by atoms with E-state index in [-0.39, 0.29) is 24.0 Å². The van der Waals surface area contributed by atoms with Crippen molar-refractivity contribution in [2.24, 2.45) is 12.0 Å². The molecule has 30 heavy (non-hydrogen) atoms. The summed E-state index contributed by atoms with van der Waals surface area (Å²) in [6.07, 6.45) is 11.3. The lowest BCUT2D eigenvalue weighted by molar-refractivity contribution is 0.0584. The van der Waals surface area contributed by atoms with Gasteiger partial charge in [-0.3, -0.25) is 19.6 Å². The second kappa shape index (κ2) is 7.28. The first-order valence-corrected chi connectivity index (χ1v) is 10.3. The minimum atomic E-state index is -0.0495. The van der Waals surface area contributed by atoms with Crippen LogP contribution in [-0.2, 0) is 11.8 Å². The topological polar surface area (TPSA) is 102 Å². The number of aryl methyl sites for hydroxylation is 1. The molecule has 1 aliphatic carbocycles. The lowest BCUT2D eigenvalue weighted by Crippen LogP contribution is -2.35. The van der Waals surface area contributed by atoms with Crippen molar-refractivity contribution in [1.29, 1.82) is 0 Å². The summed E-state index contributed by atoms with van der Waals surface area (Å²) in [5.41, 5.74) is 6.37.